The minimum Gasteiger partial charge on any atom is -0.478 e. The van der Waals surface area contributed by atoms with Crippen molar-refractivity contribution >= 4 is 17.7 Å². The normalized spacial score (nSPS) is 9.84. The third-order valence-electron chi connectivity index (χ3n) is 2.59. The van der Waals surface area contributed by atoms with Gasteiger partial charge in [-0.25, -0.2) is 4.79 Å². The first-order chi connectivity index (χ1) is 9.20. The van der Waals surface area contributed by atoms with Gasteiger partial charge in [-0.15, -0.1) is 11.8 Å². The maximum absolute atomic E-state index is 11.1. The van der Waals surface area contributed by atoms with Crippen LogP contribution in [0.2, 0.25) is 0 Å². The van der Waals surface area contributed by atoms with E-state index in [1.165, 1.54) is 11.8 Å². The average Bonchev–Trinajstić information content (AvgIpc) is 2.46. The molecule has 0 heterocycles. The van der Waals surface area contributed by atoms with Gasteiger partial charge in [0, 0.05) is 10.6 Å². The molecular weight excluding hydrogens is 258 g/mol. The summed E-state index contributed by atoms with van der Waals surface area (Å²) in [6, 6.07) is 16.3. The van der Waals surface area contributed by atoms with Crippen LogP contribution in [-0.4, -0.2) is 11.1 Å². The molecule has 1 N–H and O–H groups in total. The van der Waals surface area contributed by atoms with Crippen LogP contribution < -0.4 is 0 Å². The van der Waals surface area contributed by atoms with E-state index >= 15 is 0 Å². The van der Waals surface area contributed by atoms with E-state index in [-0.39, 0.29) is 0 Å². The summed E-state index contributed by atoms with van der Waals surface area (Å²) in [5.74, 6) is -0.237. The first kappa shape index (κ1) is 13.2. The van der Waals surface area contributed by atoms with Crippen molar-refractivity contribution in [1.82, 2.24) is 0 Å². The van der Waals surface area contributed by atoms with Crippen molar-refractivity contribution in [3.63, 3.8) is 0 Å². The molecule has 0 spiro atoms. The number of nitriles is 1. The number of thioether (sulfide) groups is 1. The van der Waals surface area contributed by atoms with Gasteiger partial charge in [0.2, 0.25) is 0 Å². The fraction of sp³-hybridized carbons (Fsp3) is 0.0667. The molecule has 19 heavy (non-hydrogen) atoms. The van der Waals surface area contributed by atoms with Crippen LogP contribution in [0.25, 0.3) is 0 Å². The van der Waals surface area contributed by atoms with Gasteiger partial charge in [0.15, 0.2) is 0 Å². The van der Waals surface area contributed by atoms with Crippen LogP contribution >= 0.6 is 11.8 Å². The second kappa shape index (κ2) is 6.07. The molecule has 0 aliphatic carbocycles. The van der Waals surface area contributed by atoms with Gasteiger partial charge in [0.05, 0.1) is 17.2 Å². The molecule has 0 aromatic heterocycles. The minimum absolute atomic E-state index is 0.321. The zero-order chi connectivity index (χ0) is 13.7. The lowest BCUT2D eigenvalue weighted by Crippen LogP contribution is -1.98. The number of nitrogens with zero attached hydrogens (tertiary/aromatic N) is 1. The lowest BCUT2D eigenvalue weighted by molar-refractivity contribution is 0.0693. The zero-order valence-electron chi connectivity index (χ0n) is 10.0. The van der Waals surface area contributed by atoms with Crippen LogP contribution in [0.4, 0.5) is 0 Å². The Labute approximate surface area is 115 Å². The Morgan fingerprint density at radius 2 is 1.84 bits per heavy atom. The Balaban J connectivity index is 2.10. The van der Waals surface area contributed by atoms with Gasteiger partial charge in [-0.2, -0.15) is 5.26 Å². The lowest BCUT2D eigenvalue weighted by Gasteiger charge is -2.05. The summed E-state index contributed by atoms with van der Waals surface area (Å²) in [5.41, 5.74) is 2.00. The molecule has 0 amide bonds. The molecule has 0 radical (unpaired) electrons. The number of carboxylic acids is 1. The largest absolute Gasteiger partial charge is 0.478 e. The molecule has 2 aromatic rings. The highest BCUT2D eigenvalue weighted by Crippen LogP contribution is 2.26. The summed E-state index contributed by atoms with van der Waals surface area (Å²) in [5, 5.41) is 17.8. The Hall–Kier alpha value is -2.25. The van der Waals surface area contributed by atoms with E-state index in [1.807, 2.05) is 18.2 Å². The number of hydrogen-bond donors (Lipinski definition) is 1. The first-order valence-corrected chi connectivity index (χ1v) is 6.63. The van der Waals surface area contributed by atoms with E-state index in [0.29, 0.717) is 16.9 Å². The second-order valence-electron chi connectivity index (χ2n) is 3.90. The van der Waals surface area contributed by atoms with E-state index in [1.54, 1.807) is 30.3 Å². The summed E-state index contributed by atoms with van der Waals surface area (Å²) in [6.07, 6.45) is 0. The van der Waals surface area contributed by atoms with Crippen LogP contribution in [0, 0.1) is 11.3 Å². The number of carboxylic acid groups (broad SMARTS) is 1. The van der Waals surface area contributed by atoms with E-state index in [0.717, 1.165) is 10.5 Å². The molecule has 0 aliphatic rings. The van der Waals surface area contributed by atoms with Crippen LogP contribution in [0.1, 0.15) is 21.5 Å². The van der Waals surface area contributed by atoms with Gasteiger partial charge >= 0.3 is 5.97 Å². The van der Waals surface area contributed by atoms with Crippen LogP contribution in [0.3, 0.4) is 0 Å². The highest BCUT2D eigenvalue weighted by atomic mass is 32.2. The fourth-order valence-electron chi connectivity index (χ4n) is 1.61. The van der Waals surface area contributed by atoms with Gasteiger partial charge < -0.3 is 5.11 Å². The van der Waals surface area contributed by atoms with Crippen LogP contribution in [-0.2, 0) is 5.75 Å². The number of hydrogen-bond acceptors (Lipinski definition) is 3. The number of aromatic carboxylic acids is 1. The maximum atomic E-state index is 11.1. The summed E-state index contributed by atoms with van der Waals surface area (Å²) >= 11 is 1.48. The van der Waals surface area contributed by atoms with Crippen molar-refractivity contribution in [2.24, 2.45) is 0 Å². The van der Waals surface area contributed by atoms with Crippen molar-refractivity contribution in [1.29, 1.82) is 5.26 Å². The Bertz CT molecular complexity index is 629. The predicted molar refractivity (Wildman–Crippen MR) is 74.1 cm³/mol. The standard InChI is InChI=1S/C15H11NO2S/c16-9-11-5-7-12(8-6-11)10-19-14-4-2-1-3-13(14)15(17)18/h1-8H,10H2,(H,17,18). The molecule has 3 nitrogen and oxygen atoms in total. The number of carbonyl (C=O) groups is 1. The van der Waals surface area contributed by atoms with Gasteiger partial charge in [-0.05, 0) is 29.8 Å². The maximum Gasteiger partial charge on any atom is 0.336 e. The molecule has 2 aromatic carbocycles. The monoisotopic (exact) mass is 269 g/mol. The smallest absolute Gasteiger partial charge is 0.336 e. The van der Waals surface area contributed by atoms with E-state index in [4.69, 9.17) is 10.4 Å². The van der Waals surface area contributed by atoms with Gasteiger partial charge in [-0.3, -0.25) is 0 Å². The minimum atomic E-state index is -0.914. The summed E-state index contributed by atoms with van der Waals surface area (Å²) in [6.45, 7) is 0. The van der Waals surface area contributed by atoms with Gasteiger partial charge in [0.1, 0.15) is 0 Å². The molecule has 0 saturated carbocycles. The molecule has 94 valence electrons. The molecular formula is C15H11NO2S. The molecule has 0 aliphatic heterocycles. The fourth-order valence-corrected chi connectivity index (χ4v) is 2.61. The highest BCUT2D eigenvalue weighted by molar-refractivity contribution is 7.98. The Morgan fingerprint density at radius 1 is 1.16 bits per heavy atom. The molecule has 4 heteroatoms. The highest BCUT2D eigenvalue weighted by Gasteiger charge is 2.09. The molecule has 0 bridgehead atoms. The van der Waals surface area contributed by atoms with Crippen LogP contribution in [0.5, 0.6) is 0 Å². The summed E-state index contributed by atoms with van der Waals surface area (Å²) < 4.78 is 0. The van der Waals surface area contributed by atoms with Crippen molar-refractivity contribution in [3.8, 4) is 6.07 Å². The van der Waals surface area contributed by atoms with Crippen molar-refractivity contribution in [2.45, 2.75) is 10.6 Å². The van der Waals surface area contributed by atoms with E-state index < -0.39 is 5.97 Å². The molecule has 0 fully saturated rings. The third-order valence-corrected chi connectivity index (χ3v) is 3.74. The number of rotatable bonds is 4. The Morgan fingerprint density at radius 3 is 2.47 bits per heavy atom. The predicted octanol–water partition coefficient (Wildman–Crippen LogP) is 3.55. The van der Waals surface area contributed by atoms with E-state index in [2.05, 4.69) is 6.07 Å². The first-order valence-electron chi connectivity index (χ1n) is 5.65. The molecule has 0 saturated heterocycles. The molecule has 0 atom stereocenters. The SMILES string of the molecule is N#Cc1ccc(CSc2ccccc2C(=O)O)cc1. The van der Waals surface area contributed by atoms with Gasteiger partial charge in [-0.1, -0.05) is 24.3 Å². The lowest BCUT2D eigenvalue weighted by atomic mass is 10.2. The quantitative estimate of drug-likeness (QED) is 0.862. The second-order valence-corrected chi connectivity index (χ2v) is 4.92. The molecule has 0 unspecified atom stereocenters. The summed E-state index contributed by atoms with van der Waals surface area (Å²) in [7, 11) is 0. The van der Waals surface area contributed by atoms with Crippen molar-refractivity contribution in [2.75, 3.05) is 0 Å². The van der Waals surface area contributed by atoms with Crippen molar-refractivity contribution in [3.05, 3.63) is 65.2 Å². The summed E-state index contributed by atoms with van der Waals surface area (Å²) in [4.78, 5) is 11.8. The van der Waals surface area contributed by atoms with Crippen molar-refractivity contribution < 1.29 is 9.90 Å². The zero-order valence-corrected chi connectivity index (χ0v) is 10.9. The van der Waals surface area contributed by atoms with Gasteiger partial charge in [0.25, 0.3) is 0 Å². The van der Waals surface area contributed by atoms with Crippen LogP contribution in [0.15, 0.2) is 53.4 Å². The number of benzene rings is 2. The molecule has 2 rings (SSSR count). The van der Waals surface area contributed by atoms with E-state index in [9.17, 15) is 4.79 Å². The average molecular weight is 269 g/mol. The topological polar surface area (TPSA) is 61.1 Å². The third kappa shape index (κ3) is 3.36. The Kier molecular flexibility index (Phi) is 4.22.